The molecule has 0 aromatic heterocycles. The van der Waals surface area contributed by atoms with Crippen LogP contribution in [0, 0.1) is 5.92 Å². The Hall–Kier alpha value is -0.0800. The van der Waals surface area contributed by atoms with Crippen molar-refractivity contribution in [3.8, 4) is 0 Å². The van der Waals surface area contributed by atoms with Gasteiger partial charge in [0.2, 0.25) is 0 Å². The fraction of sp³-hybridized carbons (Fsp3) is 1.00. The van der Waals surface area contributed by atoms with Gasteiger partial charge in [0.05, 0.1) is 12.7 Å². The van der Waals surface area contributed by atoms with E-state index in [0.717, 1.165) is 26.2 Å². The zero-order valence-corrected chi connectivity index (χ0v) is 8.21. The highest BCUT2D eigenvalue weighted by Crippen LogP contribution is 2.19. The van der Waals surface area contributed by atoms with Crippen molar-refractivity contribution in [2.45, 2.75) is 39.2 Å². The molecule has 0 amide bonds. The van der Waals surface area contributed by atoms with Crippen LogP contribution in [0.25, 0.3) is 0 Å². The van der Waals surface area contributed by atoms with E-state index in [-0.39, 0.29) is 0 Å². The molecule has 0 radical (unpaired) electrons. The second-order valence-corrected chi connectivity index (χ2v) is 3.55. The van der Waals surface area contributed by atoms with Gasteiger partial charge < -0.3 is 9.47 Å². The van der Waals surface area contributed by atoms with E-state index in [1.165, 1.54) is 12.8 Å². The van der Waals surface area contributed by atoms with Crippen molar-refractivity contribution < 1.29 is 9.47 Å². The van der Waals surface area contributed by atoms with Crippen LogP contribution < -0.4 is 0 Å². The van der Waals surface area contributed by atoms with Gasteiger partial charge in [-0.1, -0.05) is 6.92 Å². The van der Waals surface area contributed by atoms with Crippen LogP contribution in [-0.4, -0.2) is 25.9 Å². The lowest BCUT2D eigenvalue weighted by molar-refractivity contribution is -0.0382. The summed E-state index contributed by atoms with van der Waals surface area (Å²) >= 11 is 0. The molecule has 2 unspecified atom stereocenters. The first kappa shape index (κ1) is 10.0. The van der Waals surface area contributed by atoms with Gasteiger partial charge in [-0.25, -0.2) is 0 Å². The molecule has 1 aliphatic rings. The van der Waals surface area contributed by atoms with E-state index in [1.54, 1.807) is 0 Å². The zero-order chi connectivity index (χ0) is 8.81. The summed E-state index contributed by atoms with van der Waals surface area (Å²) in [4.78, 5) is 0. The largest absolute Gasteiger partial charge is 0.381 e. The van der Waals surface area contributed by atoms with Gasteiger partial charge in [0.15, 0.2) is 0 Å². The highest BCUT2D eigenvalue weighted by Gasteiger charge is 2.20. The molecule has 1 saturated heterocycles. The van der Waals surface area contributed by atoms with Crippen LogP contribution in [0.15, 0.2) is 0 Å². The second kappa shape index (κ2) is 5.55. The molecule has 1 rings (SSSR count). The van der Waals surface area contributed by atoms with Gasteiger partial charge in [0, 0.05) is 19.1 Å². The summed E-state index contributed by atoms with van der Waals surface area (Å²) in [5, 5.41) is 0. The van der Waals surface area contributed by atoms with Crippen molar-refractivity contribution in [2.75, 3.05) is 19.8 Å². The maximum absolute atomic E-state index is 5.65. The third kappa shape index (κ3) is 3.11. The first-order chi connectivity index (χ1) is 5.84. The summed E-state index contributed by atoms with van der Waals surface area (Å²) in [6, 6.07) is 0. The number of hydrogen-bond acceptors (Lipinski definition) is 2. The average molecular weight is 172 g/mol. The first-order valence-corrected chi connectivity index (χ1v) is 5.04. The van der Waals surface area contributed by atoms with Crippen molar-refractivity contribution >= 4 is 0 Å². The van der Waals surface area contributed by atoms with Gasteiger partial charge in [0.25, 0.3) is 0 Å². The molecule has 1 heterocycles. The van der Waals surface area contributed by atoms with Crippen molar-refractivity contribution in [3.63, 3.8) is 0 Å². The van der Waals surface area contributed by atoms with Crippen molar-refractivity contribution in [2.24, 2.45) is 5.92 Å². The maximum Gasteiger partial charge on any atom is 0.0597 e. The van der Waals surface area contributed by atoms with Crippen LogP contribution >= 0.6 is 0 Å². The molecule has 0 N–H and O–H groups in total. The predicted molar refractivity (Wildman–Crippen MR) is 49.2 cm³/mol. The van der Waals surface area contributed by atoms with Gasteiger partial charge in [-0.2, -0.15) is 0 Å². The summed E-state index contributed by atoms with van der Waals surface area (Å²) < 4.78 is 11.1. The lowest BCUT2D eigenvalue weighted by Gasteiger charge is -2.27. The Bertz CT molecular complexity index is 108. The minimum absolute atomic E-state index is 0.380. The fourth-order valence-electron chi connectivity index (χ4n) is 1.58. The quantitative estimate of drug-likeness (QED) is 0.647. The van der Waals surface area contributed by atoms with Crippen LogP contribution in [0.3, 0.4) is 0 Å². The van der Waals surface area contributed by atoms with Crippen molar-refractivity contribution in [3.05, 3.63) is 0 Å². The van der Waals surface area contributed by atoms with E-state index >= 15 is 0 Å². The van der Waals surface area contributed by atoms with Crippen LogP contribution in [0.1, 0.15) is 33.1 Å². The number of ether oxygens (including phenoxy) is 2. The normalized spacial score (nSPS) is 27.0. The van der Waals surface area contributed by atoms with Crippen molar-refractivity contribution in [1.82, 2.24) is 0 Å². The molecule has 12 heavy (non-hydrogen) atoms. The number of rotatable bonds is 4. The fourth-order valence-corrected chi connectivity index (χ4v) is 1.58. The molecule has 1 fully saturated rings. The van der Waals surface area contributed by atoms with Crippen LogP contribution in [0.5, 0.6) is 0 Å². The molecule has 2 atom stereocenters. The monoisotopic (exact) mass is 172 g/mol. The summed E-state index contributed by atoms with van der Waals surface area (Å²) in [7, 11) is 0. The summed E-state index contributed by atoms with van der Waals surface area (Å²) in [6.07, 6.45) is 3.96. The Kier molecular flexibility index (Phi) is 4.62. The Morgan fingerprint density at radius 2 is 2.42 bits per heavy atom. The Balaban J connectivity index is 2.15. The van der Waals surface area contributed by atoms with Gasteiger partial charge in [-0.05, 0) is 26.2 Å². The maximum atomic E-state index is 5.65. The van der Waals surface area contributed by atoms with Crippen LogP contribution in [0.4, 0.5) is 0 Å². The van der Waals surface area contributed by atoms with Crippen LogP contribution in [-0.2, 0) is 9.47 Å². The standard InChI is InChI=1S/C10H20O2/c1-3-6-12-9(2)10-5-4-7-11-8-10/h9-10H,3-8H2,1-2H3. The molecule has 0 aromatic rings. The zero-order valence-electron chi connectivity index (χ0n) is 8.21. The smallest absolute Gasteiger partial charge is 0.0597 e. The van der Waals surface area contributed by atoms with E-state index in [4.69, 9.17) is 9.47 Å². The highest BCUT2D eigenvalue weighted by molar-refractivity contribution is 4.69. The Labute approximate surface area is 75.2 Å². The van der Waals surface area contributed by atoms with Gasteiger partial charge in [-0.15, -0.1) is 0 Å². The molecule has 0 saturated carbocycles. The minimum Gasteiger partial charge on any atom is -0.381 e. The van der Waals surface area contributed by atoms with Gasteiger partial charge in [-0.3, -0.25) is 0 Å². The molecule has 0 aliphatic carbocycles. The first-order valence-electron chi connectivity index (χ1n) is 5.04. The molecule has 1 aliphatic heterocycles. The van der Waals surface area contributed by atoms with E-state index in [1.807, 2.05) is 0 Å². The minimum atomic E-state index is 0.380. The lowest BCUT2D eigenvalue weighted by atomic mass is 9.97. The highest BCUT2D eigenvalue weighted by atomic mass is 16.5. The molecule has 0 spiro atoms. The molecular formula is C10H20O2. The van der Waals surface area contributed by atoms with E-state index < -0.39 is 0 Å². The topological polar surface area (TPSA) is 18.5 Å². The Morgan fingerprint density at radius 1 is 1.58 bits per heavy atom. The molecule has 0 aromatic carbocycles. The van der Waals surface area contributed by atoms with Crippen LogP contribution in [0.2, 0.25) is 0 Å². The van der Waals surface area contributed by atoms with Crippen molar-refractivity contribution in [1.29, 1.82) is 0 Å². The summed E-state index contributed by atoms with van der Waals surface area (Å²) in [6.45, 7) is 7.03. The summed E-state index contributed by atoms with van der Waals surface area (Å²) in [5.74, 6) is 0.630. The van der Waals surface area contributed by atoms with Gasteiger partial charge >= 0.3 is 0 Å². The third-order valence-corrected chi connectivity index (χ3v) is 2.44. The predicted octanol–water partition coefficient (Wildman–Crippen LogP) is 2.23. The molecular weight excluding hydrogens is 152 g/mol. The SMILES string of the molecule is CCCOC(C)C1CCCOC1. The van der Waals surface area contributed by atoms with E-state index in [2.05, 4.69) is 13.8 Å². The Morgan fingerprint density at radius 3 is 3.00 bits per heavy atom. The molecule has 2 nitrogen and oxygen atoms in total. The lowest BCUT2D eigenvalue weighted by Crippen LogP contribution is -2.29. The molecule has 2 heteroatoms. The second-order valence-electron chi connectivity index (χ2n) is 3.55. The third-order valence-electron chi connectivity index (χ3n) is 2.44. The summed E-state index contributed by atoms with van der Waals surface area (Å²) in [5.41, 5.74) is 0. The van der Waals surface area contributed by atoms with E-state index in [9.17, 15) is 0 Å². The average Bonchev–Trinajstić information content (AvgIpc) is 2.15. The molecule has 72 valence electrons. The van der Waals surface area contributed by atoms with E-state index in [0.29, 0.717) is 12.0 Å². The number of hydrogen-bond donors (Lipinski definition) is 0. The molecule has 0 bridgehead atoms. The van der Waals surface area contributed by atoms with Gasteiger partial charge in [0.1, 0.15) is 0 Å².